The maximum atomic E-state index is 7.21. The van der Waals surface area contributed by atoms with Crippen LogP contribution in [0.15, 0.2) is 91.4 Å². The summed E-state index contributed by atoms with van der Waals surface area (Å²) < 4.78 is 42.5. The van der Waals surface area contributed by atoms with Gasteiger partial charge in [-0.05, 0) is 117 Å². The summed E-state index contributed by atoms with van der Waals surface area (Å²) >= 11 is 0. The van der Waals surface area contributed by atoms with Gasteiger partial charge in [0, 0.05) is 56.3 Å². The molecule has 0 atom stereocenters. The van der Waals surface area contributed by atoms with Gasteiger partial charge in [0.1, 0.15) is 56.6 Å². The van der Waals surface area contributed by atoms with Crippen LogP contribution in [-0.2, 0) is 0 Å². The van der Waals surface area contributed by atoms with Crippen LogP contribution < -0.4 is 28.4 Å². The highest BCUT2D eigenvalue weighted by Crippen LogP contribution is 2.55. The first-order valence-corrected chi connectivity index (χ1v) is 33.2. The molecule has 6 aromatic carbocycles. The maximum absolute atomic E-state index is 7.21. The smallest absolute Gasteiger partial charge is 0.168 e. The second-order valence-electron chi connectivity index (χ2n) is 24.0. The highest BCUT2D eigenvalue weighted by Gasteiger charge is 2.36. The number of fused-ring (bicyclic) bond motifs is 25. The molecule has 0 amide bonds. The molecule has 0 radical (unpaired) electrons. The maximum Gasteiger partial charge on any atom is 0.168 e. The normalized spacial score (nSPS) is 12.0. The Balaban J connectivity index is 1.24. The zero-order valence-corrected chi connectivity index (χ0v) is 53.9. The average Bonchev–Trinajstić information content (AvgIpc) is 1.54. The first-order chi connectivity index (χ1) is 45.3. The molecule has 0 spiro atoms. The van der Waals surface area contributed by atoms with Crippen molar-refractivity contribution in [3.05, 3.63) is 103 Å². The molecule has 0 saturated carbocycles. The fraction of sp³-hybridized carbons (Fsp3) is 0.347. The zero-order chi connectivity index (χ0) is 63.0. The van der Waals surface area contributed by atoms with Gasteiger partial charge in [0.15, 0.2) is 34.8 Å². The monoisotopic (exact) mass is 1230 g/mol. The van der Waals surface area contributed by atoms with Crippen LogP contribution in [0.2, 0.25) is 0 Å². The number of rotatable bonds is 24. The number of unbranched alkanes of at least 4 members (excludes halogenated alkanes) is 6. The summed E-state index contributed by atoms with van der Waals surface area (Å²) in [6, 6.07) is 24.9. The van der Waals surface area contributed by atoms with Crippen LogP contribution in [0.4, 0.5) is 0 Å². The number of ether oxygens (including phenoxy) is 6. The van der Waals surface area contributed by atoms with Gasteiger partial charge >= 0.3 is 0 Å². The standard InChI is InChI=1S/C75H77N11O6/c1-9-15-34-87-62-47-29-24-31-76-59(47)43(8)52-53(62)70-81-69(52)82-74-57-58(67(92-39-20-14-6)61-48(30-25-33-78-61)63(57)88-35-16-10-2)75(86-74)80-68-51-42(7)46-28-23-32-77-60(46)66(91-38-19-13-5)54(51)71(79-68)84-73-56-55(72(83-70)85-73)64(89-36-17-11-3)49-40-44-26-21-22-27-45(44)41-50(49)65(56)90-37-18-12-4/h21-33,40-41H,9-20,34-39H2,1-8H3,(H2,79,80,81,82,83,84,85,86). The predicted molar refractivity (Wildman–Crippen MR) is 369 cm³/mol. The van der Waals surface area contributed by atoms with E-state index in [4.69, 9.17) is 73.3 Å². The summed E-state index contributed by atoms with van der Waals surface area (Å²) in [6.07, 6.45) is 15.8. The summed E-state index contributed by atoms with van der Waals surface area (Å²) in [7, 11) is 0. The predicted octanol–water partition coefficient (Wildman–Crippen LogP) is 18.5. The van der Waals surface area contributed by atoms with Crippen LogP contribution in [-0.4, -0.2) is 94.5 Å². The number of aryl methyl sites for hydroxylation is 2. The van der Waals surface area contributed by atoms with Crippen LogP contribution >= 0.6 is 0 Å². The van der Waals surface area contributed by atoms with Gasteiger partial charge in [0.05, 0.1) is 78.2 Å². The number of benzene rings is 6. The largest absolute Gasteiger partial charge is 0.492 e. The summed E-state index contributed by atoms with van der Waals surface area (Å²) in [5.41, 5.74) is 8.25. The van der Waals surface area contributed by atoms with Gasteiger partial charge in [0.25, 0.3) is 0 Å². The Kier molecular flexibility index (Phi) is 16.8. The van der Waals surface area contributed by atoms with Crippen molar-refractivity contribution in [2.24, 2.45) is 0 Å². The second-order valence-corrected chi connectivity index (χ2v) is 24.0. The van der Waals surface area contributed by atoms with Crippen LogP contribution in [0.5, 0.6) is 34.5 Å². The SMILES string of the molecule is CCCCOc1c2c(c(OCCCC)c3cc4ccccc4cc13)-c1nc-2nc2[nH]c(nc3nc(nc4[nH]c(n1)c1c(OCCCC)c5ncccc5c(C)c41)-c1c-3c(OCCCC)c3cccnc3c1OCCCC)c1c(C)c3ncccc3c(OCCCC)c21. The van der Waals surface area contributed by atoms with Crippen molar-refractivity contribution in [2.75, 3.05) is 39.6 Å². The van der Waals surface area contributed by atoms with E-state index in [0.29, 0.717) is 164 Å². The molecule has 17 heteroatoms. The Labute approximate surface area is 533 Å². The zero-order valence-electron chi connectivity index (χ0n) is 53.9. The molecule has 0 unspecified atom stereocenters. The Morgan fingerprint density at radius 3 is 1.11 bits per heavy atom. The van der Waals surface area contributed by atoms with Gasteiger partial charge in [0.2, 0.25) is 0 Å². The Morgan fingerprint density at radius 2 is 0.652 bits per heavy atom. The minimum absolute atomic E-state index is 0.339. The van der Waals surface area contributed by atoms with Crippen molar-refractivity contribution in [2.45, 2.75) is 132 Å². The Bertz CT molecular complexity index is 4740. The number of pyridine rings is 3. The molecule has 0 fully saturated rings. The van der Waals surface area contributed by atoms with Crippen molar-refractivity contribution in [3.63, 3.8) is 0 Å². The topological polar surface area (TPSA) is 203 Å². The molecule has 0 aliphatic carbocycles. The number of aromatic nitrogens is 11. The van der Waals surface area contributed by atoms with E-state index < -0.39 is 0 Å². The number of H-pyrrole nitrogens is 2. The first kappa shape index (κ1) is 59.8. The average molecular weight is 1230 g/mol. The lowest BCUT2D eigenvalue weighted by Crippen LogP contribution is -2.04. The van der Waals surface area contributed by atoms with Crippen LogP contribution in [0, 0.1) is 13.8 Å². The number of hydrogen-bond acceptors (Lipinski definition) is 15. The summed E-state index contributed by atoms with van der Waals surface area (Å²) in [6.45, 7) is 19.8. The third kappa shape index (κ3) is 10.4. The first-order valence-electron chi connectivity index (χ1n) is 33.2. The molecule has 6 aromatic heterocycles. The number of nitrogens with zero attached hydrogens (tertiary/aromatic N) is 9. The minimum atomic E-state index is 0.339. The second kappa shape index (κ2) is 25.8. The van der Waals surface area contributed by atoms with E-state index >= 15 is 0 Å². The molecular formula is C75H77N11O6. The lowest BCUT2D eigenvalue weighted by molar-refractivity contribution is 0.308. The molecule has 14 rings (SSSR count). The van der Waals surface area contributed by atoms with Gasteiger partial charge in [-0.15, -0.1) is 0 Å². The van der Waals surface area contributed by atoms with E-state index in [1.807, 2.05) is 36.7 Å². The summed E-state index contributed by atoms with van der Waals surface area (Å²) in [5.74, 6) is 4.96. The van der Waals surface area contributed by atoms with Gasteiger partial charge in [-0.25, -0.2) is 29.9 Å². The molecule has 2 aliphatic heterocycles. The third-order valence-corrected chi connectivity index (χ3v) is 17.7. The molecule has 12 aromatic rings. The van der Waals surface area contributed by atoms with Crippen molar-refractivity contribution >= 4 is 98.4 Å². The summed E-state index contributed by atoms with van der Waals surface area (Å²) in [5, 5.41) is 9.28. The van der Waals surface area contributed by atoms with Gasteiger partial charge < -0.3 is 38.4 Å². The molecule has 2 N–H and O–H groups in total. The van der Waals surface area contributed by atoms with E-state index in [2.05, 4.69) is 114 Å². The van der Waals surface area contributed by atoms with E-state index in [9.17, 15) is 0 Å². The molecule has 17 nitrogen and oxygen atoms in total. The van der Waals surface area contributed by atoms with Gasteiger partial charge in [-0.1, -0.05) is 110 Å². The molecule has 468 valence electrons. The lowest BCUT2D eigenvalue weighted by atomic mass is 9.95. The van der Waals surface area contributed by atoms with Crippen LogP contribution in [0.25, 0.3) is 144 Å². The molecule has 8 heterocycles. The van der Waals surface area contributed by atoms with Crippen molar-refractivity contribution in [1.82, 2.24) is 54.8 Å². The quantitative estimate of drug-likeness (QED) is 0.0427. The molecular weight excluding hydrogens is 1150 g/mol. The van der Waals surface area contributed by atoms with Crippen LogP contribution in [0.1, 0.15) is 130 Å². The third-order valence-electron chi connectivity index (χ3n) is 17.7. The molecule has 0 saturated heterocycles. The highest BCUT2D eigenvalue weighted by atomic mass is 16.5. The van der Waals surface area contributed by atoms with Crippen molar-refractivity contribution in [1.29, 1.82) is 0 Å². The van der Waals surface area contributed by atoms with E-state index in [-0.39, 0.29) is 0 Å². The molecule has 2 aliphatic rings. The van der Waals surface area contributed by atoms with E-state index in [1.165, 1.54) is 0 Å². The molecule has 8 bridgehead atoms. The van der Waals surface area contributed by atoms with Crippen LogP contribution in [0.3, 0.4) is 0 Å². The fourth-order valence-electron chi connectivity index (χ4n) is 12.9. The van der Waals surface area contributed by atoms with Gasteiger partial charge in [-0.3, -0.25) is 15.0 Å². The number of hydrogen-bond donors (Lipinski definition) is 2. The Morgan fingerprint density at radius 1 is 0.315 bits per heavy atom. The van der Waals surface area contributed by atoms with Crippen molar-refractivity contribution in [3.8, 4) is 80.0 Å². The minimum Gasteiger partial charge on any atom is -0.492 e. The fourth-order valence-corrected chi connectivity index (χ4v) is 12.9. The number of nitrogens with one attached hydrogen (secondary N) is 2. The van der Waals surface area contributed by atoms with Gasteiger partial charge in [-0.2, -0.15) is 0 Å². The Hall–Kier alpha value is -9.77. The van der Waals surface area contributed by atoms with E-state index in [0.717, 1.165) is 142 Å². The van der Waals surface area contributed by atoms with E-state index in [1.54, 1.807) is 6.20 Å². The highest BCUT2D eigenvalue weighted by molar-refractivity contribution is 6.20. The lowest BCUT2D eigenvalue weighted by Gasteiger charge is -2.19. The molecule has 92 heavy (non-hydrogen) atoms. The van der Waals surface area contributed by atoms with Crippen molar-refractivity contribution < 1.29 is 28.4 Å². The number of aromatic amines is 2. The summed E-state index contributed by atoms with van der Waals surface area (Å²) in [4.78, 5) is 57.2.